The van der Waals surface area contributed by atoms with Crippen molar-refractivity contribution in [2.24, 2.45) is 0 Å². The van der Waals surface area contributed by atoms with Gasteiger partial charge in [-0.3, -0.25) is 4.79 Å². The summed E-state index contributed by atoms with van der Waals surface area (Å²) in [5.41, 5.74) is 2.69. The Morgan fingerprint density at radius 3 is 2.34 bits per heavy atom. The van der Waals surface area contributed by atoms with Gasteiger partial charge in [-0.25, -0.2) is 8.42 Å². The number of hydrogen-bond donors (Lipinski definition) is 1. The van der Waals surface area contributed by atoms with Crippen LogP contribution in [0.25, 0.3) is 0 Å². The zero-order chi connectivity index (χ0) is 21.0. The Morgan fingerprint density at radius 2 is 1.66 bits per heavy atom. The number of rotatable bonds is 6. The molecular formula is C22H21ClN2O3S. The van der Waals surface area contributed by atoms with Crippen LogP contribution < -0.4 is 10.2 Å². The summed E-state index contributed by atoms with van der Waals surface area (Å²) < 4.78 is 23.6. The monoisotopic (exact) mass is 428 g/mol. The first-order chi connectivity index (χ1) is 13.8. The van der Waals surface area contributed by atoms with E-state index in [-0.39, 0.29) is 15.5 Å². The molecule has 3 aromatic rings. The van der Waals surface area contributed by atoms with E-state index in [4.69, 9.17) is 11.6 Å². The summed E-state index contributed by atoms with van der Waals surface area (Å²) in [5.74, 6) is -0.471. The first kappa shape index (κ1) is 20.9. The molecule has 0 unspecified atom stereocenters. The molecule has 150 valence electrons. The van der Waals surface area contributed by atoms with Gasteiger partial charge in [-0.1, -0.05) is 54.1 Å². The highest BCUT2D eigenvalue weighted by molar-refractivity contribution is 7.90. The molecule has 1 amide bonds. The van der Waals surface area contributed by atoms with Crippen molar-refractivity contribution < 1.29 is 13.2 Å². The summed E-state index contributed by atoms with van der Waals surface area (Å²) >= 11 is 6.15. The second kappa shape index (κ2) is 8.68. The Morgan fingerprint density at radius 1 is 1.00 bits per heavy atom. The Bertz CT molecular complexity index is 1130. The predicted octanol–water partition coefficient (Wildman–Crippen LogP) is 4.63. The molecule has 0 bridgehead atoms. The number of para-hydroxylation sites is 2. The number of carbonyl (C=O) groups is 1. The van der Waals surface area contributed by atoms with Crippen LogP contribution in [0.2, 0.25) is 5.02 Å². The minimum Gasteiger partial charge on any atom is -0.369 e. The van der Waals surface area contributed by atoms with Crippen molar-refractivity contribution in [3.05, 3.63) is 88.9 Å². The van der Waals surface area contributed by atoms with Gasteiger partial charge in [-0.05, 0) is 35.9 Å². The zero-order valence-electron chi connectivity index (χ0n) is 16.1. The number of benzene rings is 3. The molecular weight excluding hydrogens is 408 g/mol. The molecule has 0 aromatic heterocycles. The lowest BCUT2D eigenvalue weighted by Gasteiger charge is -2.23. The van der Waals surface area contributed by atoms with Gasteiger partial charge >= 0.3 is 0 Å². The van der Waals surface area contributed by atoms with Crippen molar-refractivity contribution in [1.29, 1.82) is 0 Å². The van der Waals surface area contributed by atoms with Crippen molar-refractivity contribution in [3.63, 3.8) is 0 Å². The lowest BCUT2D eigenvalue weighted by molar-refractivity contribution is 0.102. The molecule has 0 aliphatic rings. The van der Waals surface area contributed by atoms with E-state index in [2.05, 4.69) is 5.32 Å². The van der Waals surface area contributed by atoms with Gasteiger partial charge in [0.25, 0.3) is 5.91 Å². The minimum atomic E-state index is -3.45. The van der Waals surface area contributed by atoms with E-state index in [0.29, 0.717) is 12.2 Å². The van der Waals surface area contributed by atoms with Crippen LogP contribution in [-0.4, -0.2) is 27.6 Å². The van der Waals surface area contributed by atoms with E-state index >= 15 is 0 Å². The summed E-state index contributed by atoms with van der Waals surface area (Å²) in [7, 11) is -1.51. The Labute approximate surface area is 175 Å². The van der Waals surface area contributed by atoms with Crippen molar-refractivity contribution in [1.82, 2.24) is 0 Å². The lowest BCUT2D eigenvalue weighted by atomic mass is 10.1. The van der Waals surface area contributed by atoms with Crippen LogP contribution in [-0.2, 0) is 16.4 Å². The van der Waals surface area contributed by atoms with E-state index in [1.807, 2.05) is 60.5 Å². The maximum absolute atomic E-state index is 12.8. The van der Waals surface area contributed by atoms with Crippen LogP contribution in [0.4, 0.5) is 11.4 Å². The quantitative estimate of drug-likeness (QED) is 0.621. The largest absolute Gasteiger partial charge is 0.369 e. The molecule has 0 aliphatic carbocycles. The summed E-state index contributed by atoms with van der Waals surface area (Å²) in [4.78, 5) is 14.9. The number of halogens is 1. The van der Waals surface area contributed by atoms with Crippen LogP contribution >= 0.6 is 11.6 Å². The molecule has 0 spiro atoms. The molecule has 0 radical (unpaired) electrons. The molecule has 0 saturated carbocycles. The smallest absolute Gasteiger partial charge is 0.257 e. The molecule has 1 N–H and O–H groups in total. The fourth-order valence-corrected chi connectivity index (χ4v) is 3.80. The van der Waals surface area contributed by atoms with Gasteiger partial charge < -0.3 is 10.2 Å². The molecule has 0 atom stereocenters. The van der Waals surface area contributed by atoms with Gasteiger partial charge in [0.05, 0.1) is 26.9 Å². The SMILES string of the molecule is CN(Cc1ccccc1)c1ccccc1NC(=O)c1cc(S(C)(=O)=O)ccc1Cl. The molecule has 3 rings (SSSR count). The number of anilines is 2. The average Bonchev–Trinajstić information content (AvgIpc) is 2.68. The molecule has 0 aliphatic heterocycles. The van der Waals surface area contributed by atoms with E-state index in [9.17, 15) is 13.2 Å². The number of sulfone groups is 1. The number of amides is 1. The fraction of sp³-hybridized carbons (Fsp3) is 0.136. The van der Waals surface area contributed by atoms with Gasteiger partial charge in [0.15, 0.2) is 9.84 Å². The Balaban J connectivity index is 1.87. The van der Waals surface area contributed by atoms with Crippen LogP contribution in [0.3, 0.4) is 0 Å². The molecule has 0 heterocycles. The van der Waals surface area contributed by atoms with Crippen LogP contribution in [0.5, 0.6) is 0 Å². The van der Waals surface area contributed by atoms with E-state index < -0.39 is 15.7 Å². The highest BCUT2D eigenvalue weighted by Crippen LogP contribution is 2.28. The second-order valence-corrected chi connectivity index (χ2v) is 9.15. The zero-order valence-corrected chi connectivity index (χ0v) is 17.7. The number of nitrogens with zero attached hydrogens (tertiary/aromatic N) is 1. The van der Waals surface area contributed by atoms with Crippen LogP contribution in [0.1, 0.15) is 15.9 Å². The third kappa shape index (κ3) is 5.16. The standard InChI is InChI=1S/C22H21ClN2O3S/c1-25(15-16-8-4-3-5-9-16)21-11-7-6-10-20(21)24-22(26)18-14-17(29(2,27)28)12-13-19(18)23/h3-14H,15H2,1-2H3,(H,24,26). The molecule has 5 nitrogen and oxygen atoms in total. The number of nitrogens with one attached hydrogen (secondary N) is 1. The predicted molar refractivity (Wildman–Crippen MR) is 118 cm³/mol. The average molecular weight is 429 g/mol. The third-order valence-electron chi connectivity index (χ3n) is 4.44. The highest BCUT2D eigenvalue weighted by atomic mass is 35.5. The van der Waals surface area contributed by atoms with Gasteiger partial charge in [0, 0.05) is 19.8 Å². The van der Waals surface area contributed by atoms with Crippen molar-refractivity contribution in [2.45, 2.75) is 11.4 Å². The first-order valence-electron chi connectivity index (χ1n) is 8.91. The van der Waals surface area contributed by atoms with Gasteiger partial charge in [0.1, 0.15) is 0 Å². The third-order valence-corrected chi connectivity index (χ3v) is 5.88. The maximum Gasteiger partial charge on any atom is 0.257 e. The number of carbonyl (C=O) groups excluding carboxylic acids is 1. The van der Waals surface area contributed by atoms with Crippen molar-refractivity contribution in [2.75, 3.05) is 23.5 Å². The van der Waals surface area contributed by atoms with Gasteiger partial charge in [-0.15, -0.1) is 0 Å². The minimum absolute atomic E-state index is 0.0431. The Kier molecular flexibility index (Phi) is 6.25. The fourth-order valence-electron chi connectivity index (χ4n) is 2.95. The topological polar surface area (TPSA) is 66.5 Å². The summed E-state index contributed by atoms with van der Waals surface area (Å²) in [6.07, 6.45) is 1.09. The van der Waals surface area contributed by atoms with Crippen molar-refractivity contribution >= 4 is 38.7 Å². The van der Waals surface area contributed by atoms with E-state index in [1.54, 1.807) is 6.07 Å². The van der Waals surface area contributed by atoms with Crippen LogP contribution in [0, 0.1) is 0 Å². The molecule has 29 heavy (non-hydrogen) atoms. The summed E-state index contributed by atoms with van der Waals surface area (Å²) in [5, 5.41) is 3.04. The molecule has 3 aromatic carbocycles. The molecule has 0 fully saturated rings. The first-order valence-corrected chi connectivity index (χ1v) is 11.2. The van der Waals surface area contributed by atoms with Gasteiger partial charge in [-0.2, -0.15) is 0 Å². The number of hydrogen-bond acceptors (Lipinski definition) is 4. The molecule has 7 heteroatoms. The van der Waals surface area contributed by atoms with Crippen LogP contribution in [0.15, 0.2) is 77.7 Å². The van der Waals surface area contributed by atoms with Crippen molar-refractivity contribution in [3.8, 4) is 0 Å². The second-order valence-electron chi connectivity index (χ2n) is 6.73. The van der Waals surface area contributed by atoms with E-state index in [0.717, 1.165) is 17.5 Å². The maximum atomic E-state index is 12.8. The highest BCUT2D eigenvalue weighted by Gasteiger charge is 2.17. The van der Waals surface area contributed by atoms with Gasteiger partial charge in [0.2, 0.25) is 0 Å². The normalized spacial score (nSPS) is 11.1. The Hall–Kier alpha value is -2.83. The van der Waals surface area contributed by atoms with E-state index in [1.165, 1.54) is 18.2 Å². The lowest BCUT2D eigenvalue weighted by Crippen LogP contribution is -2.20. The summed E-state index contributed by atoms with van der Waals surface area (Å²) in [6, 6.07) is 21.5. The molecule has 0 saturated heterocycles. The summed E-state index contributed by atoms with van der Waals surface area (Å²) in [6.45, 7) is 0.665.